The first-order valence-electron chi connectivity index (χ1n) is 6.73. The van der Waals surface area contributed by atoms with Crippen LogP contribution in [0.3, 0.4) is 0 Å². The summed E-state index contributed by atoms with van der Waals surface area (Å²) >= 11 is 0. The Labute approximate surface area is 109 Å². The summed E-state index contributed by atoms with van der Waals surface area (Å²) in [6.45, 7) is 5.54. The van der Waals surface area contributed by atoms with Gasteiger partial charge in [0.15, 0.2) is 0 Å². The van der Waals surface area contributed by atoms with Crippen molar-refractivity contribution in [2.75, 3.05) is 6.61 Å². The number of ether oxygens (including phenoxy) is 1. The summed E-state index contributed by atoms with van der Waals surface area (Å²) in [5, 5.41) is 2.74. The van der Waals surface area contributed by atoms with E-state index in [1.807, 2.05) is 0 Å². The zero-order valence-corrected chi connectivity index (χ0v) is 11.1. The number of hydrogen-bond donors (Lipinski definition) is 1. The second-order valence-electron chi connectivity index (χ2n) is 4.81. The maximum absolute atomic E-state index is 11.9. The Balaban J connectivity index is 2.28. The maximum Gasteiger partial charge on any atom is 0.328 e. The molecule has 1 amide bonds. The fourth-order valence-electron chi connectivity index (χ4n) is 2.12. The molecule has 0 heterocycles. The molecule has 1 aliphatic carbocycles. The molecule has 0 aromatic rings. The second-order valence-corrected chi connectivity index (χ2v) is 4.81. The number of esters is 1. The smallest absolute Gasteiger partial charge is 0.328 e. The molecule has 102 valence electrons. The van der Waals surface area contributed by atoms with Gasteiger partial charge in [-0.1, -0.05) is 25.3 Å². The molecule has 1 atom stereocenters. The lowest BCUT2D eigenvalue weighted by atomic mass is 9.88. The SMILES string of the molecule is C=CCCOC(=O)C(C)NC(=O)C1CCCCC1. The van der Waals surface area contributed by atoms with Gasteiger partial charge in [0.05, 0.1) is 6.61 Å². The summed E-state index contributed by atoms with van der Waals surface area (Å²) < 4.78 is 5.01. The van der Waals surface area contributed by atoms with Gasteiger partial charge in [-0.3, -0.25) is 4.79 Å². The molecule has 4 nitrogen and oxygen atoms in total. The highest BCUT2D eigenvalue weighted by atomic mass is 16.5. The van der Waals surface area contributed by atoms with E-state index in [2.05, 4.69) is 11.9 Å². The van der Waals surface area contributed by atoms with Gasteiger partial charge in [-0.15, -0.1) is 6.58 Å². The first-order chi connectivity index (χ1) is 8.65. The number of carbonyl (C=O) groups excluding carboxylic acids is 2. The summed E-state index contributed by atoms with van der Waals surface area (Å²) in [4.78, 5) is 23.5. The van der Waals surface area contributed by atoms with Gasteiger partial charge in [-0.05, 0) is 26.2 Å². The monoisotopic (exact) mass is 253 g/mol. The molecule has 0 bridgehead atoms. The minimum Gasteiger partial charge on any atom is -0.464 e. The van der Waals surface area contributed by atoms with Crippen molar-refractivity contribution in [1.82, 2.24) is 5.32 Å². The normalized spacial score (nSPS) is 17.8. The summed E-state index contributed by atoms with van der Waals surface area (Å²) in [6.07, 6.45) is 7.62. The van der Waals surface area contributed by atoms with Crippen LogP contribution in [0.1, 0.15) is 45.4 Å². The Bertz CT molecular complexity index is 295. The Morgan fingerprint density at radius 1 is 1.39 bits per heavy atom. The third-order valence-corrected chi connectivity index (χ3v) is 3.25. The third kappa shape index (κ3) is 4.90. The van der Waals surface area contributed by atoms with E-state index < -0.39 is 6.04 Å². The molecule has 18 heavy (non-hydrogen) atoms. The number of hydrogen-bond acceptors (Lipinski definition) is 3. The highest BCUT2D eigenvalue weighted by molar-refractivity contribution is 5.85. The first-order valence-corrected chi connectivity index (χ1v) is 6.73. The van der Waals surface area contributed by atoms with Crippen molar-refractivity contribution >= 4 is 11.9 Å². The van der Waals surface area contributed by atoms with Crippen LogP contribution < -0.4 is 5.32 Å². The third-order valence-electron chi connectivity index (χ3n) is 3.25. The van der Waals surface area contributed by atoms with Crippen LogP contribution in [-0.2, 0) is 14.3 Å². The lowest BCUT2D eigenvalue weighted by Crippen LogP contribution is -2.43. The van der Waals surface area contributed by atoms with Gasteiger partial charge in [0.25, 0.3) is 0 Å². The van der Waals surface area contributed by atoms with Crippen molar-refractivity contribution in [3.05, 3.63) is 12.7 Å². The molecule has 1 unspecified atom stereocenters. The molecule has 1 fully saturated rings. The molecular formula is C14H23NO3. The number of rotatable bonds is 6. The number of nitrogens with one attached hydrogen (secondary N) is 1. The average molecular weight is 253 g/mol. The van der Waals surface area contributed by atoms with Crippen molar-refractivity contribution in [3.63, 3.8) is 0 Å². The number of amides is 1. The van der Waals surface area contributed by atoms with Crippen LogP contribution in [0.15, 0.2) is 12.7 Å². The van der Waals surface area contributed by atoms with Crippen LogP contribution in [0.5, 0.6) is 0 Å². The first kappa shape index (κ1) is 14.7. The van der Waals surface area contributed by atoms with E-state index in [4.69, 9.17) is 4.74 Å². The molecule has 4 heteroatoms. The van der Waals surface area contributed by atoms with Crippen LogP contribution in [0, 0.1) is 5.92 Å². The number of carbonyl (C=O) groups is 2. The van der Waals surface area contributed by atoms with Gasteiger partial charge >= 0.3 is 5.97 Å². The predicted molar refractivity (Wildman–Crippen MR) is 70.0 cm³/mol. The fraction of sp³-hybridized carbons (Fsp3) is 0.714. The molecule has 1 rings (SSSR count). The van der Waals surface area contributed by atoms with Crippen LogP contribution in [0.25, 0.3) is 0 Å². The van der Waals surface area contributed by atoms with Crippen molar-refractivity contribution in [1.29, 1.82) is 0 Å². The summed E-state index contributed by atoms with van der Waals surface area (Å²) in [6, 6.07) is -0.566. The van der Waals surface area contributed by atoms with Gasteiger partial charge in [-0.2, -0.15) is 0 Å². The zero-order chi connectivity index (χ0) is 13.4. The molecule has 0 aromatic carbocycles. The minimum atomic E-state index is -0.566. The van der Waals surface area contributed by atoms with E-state index in [0.29, 0.717) is 13.0 Å². The quantitative estimate of drug-likeness (QED) is 0.448. The lowest BCUT2D eigenvalue weighted by molar-refractivity contribution is -0.147. The summed E-state index contributed by atoms with van der Waals surface area (Å²) in [7, 11) is 0. The van der Waals surface area contributed by atoms with Crippen LogP contribution in [0.2, 0.25) is 0 Å². The van der Waals surface area contributed by atoms with Crippen molar-refractivity contribution in [2.45, 2.75) is 51.5 Å². The molecule has 0 aliphatic heterocycles. The second kappa shape index (κ2) is 7.90. The highest BCUT2D eigenvalue weighted by Gasteiger charge is 2.24. The fourth-order valence-corrected chi connectivity index (χ4v) is 2.12. The van der Waals surface area contributed by atoms with Gasteiger partial charge in [-0.25, -0.2) is 4.79 Å². The summed E-state index contributed by atoms with van der Waals surface area (Å²) in [5.41, 5.74) is 0. The molecule has 1 aliphatic rings. The van der Waals surface area contributed by atoms with Gasteiger partial charge < -0.3 is 10.1 Å². The van der Waals surface area contributed by atoms with E-state index in [0.717, 1.165) is 25.7 Å². The van der Waals surface area contributed by atoms with E-state index >= 15 is 0 Å². The molecule has 0 saturated heterocycles. The van der Waals surface area contributed by atoms with Crippen LogP contribution in [0.4, 0.5) is 0 Å². The molecular weight excluding hydrogens is 230 g/mol. The standard InChI is InChI=1S/C14H23NO3/c1-3-4-10-18-14(17)11(2)15-13(16)12-8-6-5-7-9-12/h3,11-12H,1,4-10H2,2H3,(H,15,16). The van der Waals surface area contributed by atoms with Gasteiger partial charge in [0.1, 0.15) is 6.04 Å². The molecule has 0 spiro atoms. The van der Waals surface area contributed by atoms with E-state index in [1.165, 1.54) is 6.42 Å². The Morgan fingerprint density at radius 2 is 2.06 bits per heavy atom. The zero-order valence-electron chi connectivity index (χ0n) is 11.1. The average Bonchev–Trinajstić information content (AvgIpc) is 2.39. The van der Waals surface area contributed by atoms with E-state index in [1.54, 1.807) is 13.0 Å². The van der Waals surface area contributed by atoms with Gasteiger partial charge in [0, 0.05) is 5.92 Å². The Hall–Kier alpha value is -1.32. The molecule has 1 saturated carbocycles. The predicted octanol–water partition coefficient (Wildman–Crippen LogP) is 2.19. The maximum atomic E-state index is 11.9. The van der Waals surface area contributed by atoms with Crippen molar-refractivity contribution < 1.29 is 14.3 Å². The highest BCUT2D eigenvalue weighted by Crippen LogP contribution is 2.23. The molecule has 1 N–H and O–H groups in total. The van der Waals surface area contributed by atoms with Crippen molar-refractivity contribution in [3.8, 4) is 0 Å². The van der Waals surface area contributed by atoms with Crippen LogP contribution in [-0.4, -0.2) is 24.5 Å². The largest absolute Gasteiger partial charge is 0.464 e. The molecule has 0 radical (unpaired) electrons. The Morgan fingerprint density at radius 3 is 2.67 bits per heavy atom. The lowest BCUT2D eigenvalue weighted by Gasteiger charge is -2.22. The van der Waals surface area contributed by atoms with E-state index in [9.17, 15) is 9.59 Å². The Kier molecular flexibility index (Phi) is 6.47. The van der Waals surface area contributed by atoms with Crippen molar-refractivity contribution in [2.24, 2.45) is 5.92 Å². The van der Waals surface area contributed by atoms with E-state index in [-0.39, 0.29) is 17.8 Å². The molecule has 0 aromatic heterocycles. The minimum absolute atomic E-state index is 0.0112. The topological polar surface area (TPSA) is 55.4 Å². The van der Waals surface area contributed by atoms with Gasteiger partial charge in [0.2, 0.25) is 5.91 Å². The summed E-state index contributed by atoms with van der Waals surface area (Å²) in [5.74, 6) is -0.314. The van der Waals surface area contributed by atoms with Crippen LogP contribution >= 0.6 is 0 Å².